The summed E-state index contributed by atoms with van der Waals surface area (Å²) < 4.78 is 55.0. The van der Waals surface area contributed by atoms with Crippen molar-refractivity contribution in [1.82, 2.24) is 10.2 Å². The molecule has 2 heterocycles. The molecule has 144 valence electrons. The number of halogens is 5. The molecule has 0 aromatic rings. The van der Waals surface area contributed by atoms with E-state index in [-0.39, 0.29) is 51.2 Å². The molecule has 0 aromatic heterocycles. The lowest BCUT2D eigenvalue weighted by Gasteiger charge is -2.33. The van der Waals surface area contributed by atoms with Crippen LogP contribution in [-0.2, 0) is 4.74 Å². The van der Waals surface area contributed by atoms with Crippen LogP contribution < -0.4 is 5.32 Å². The number of carbonyl (C=O) groups is 1. The molecular weight excluding hydrogens is 352 g/mol. The highest BCUT2D eigenvalue weighted by molar-refractivity contribution is 5.85. The van der Waals surface area contributed by atoms with E-state index in [1.54, 1.807) is 20.8 Å². The molecule has 1 N–H and O–H groups in total. The number of alkyl halides is 4. The minimum Gasteiger partial charge on any atom is -0.444 e. The molecular formula is C15H27ClF4N2O2. The molecule has 0 saturated carbocycles. The highest BCUT2D eigenvalue weighted by Gasteiger charge is 2.36. The van der Waals surface area contributed by atoms with Crippen LogP contribution >= 0.6 is 12.4 Å². The van der Waals surface area contributed by atoms with Crippen LogP contribution in [0.5, 0.6) is 0 Å². The maximum absolute atomic E-state index is 12.8. The molecule has 24 heavy (non-hydrogen) atoms. The fourth-order valence-electron chi connectivity index (χ4n) is 2.14. The number of amides is 1. The largest absolute Gasteiger partial charge is 0.444 e. The summed E-state index contributed by atoms with van der Waals surface area (Å²) in [7, 11) is 0. The second kappa shape index (κ2) is 9.08. The van der Waals surface area contributed by atoms with Gasteiger partial charge in [-0.15, -0.1) is 12.4 Å². The van der Waals surface area contributed by atoms with E-state index in [0.717, 1.165) is 0 Å². The Morgan fingerprint density at radius 2 is 1.38 bits per heavy atom. The smallest absolute Gasteiger partial charge is 0.410 e. The van der Waals surface area contributed by atoms with E-state index in [1.165, 1.54) is 4.90 Å². The van der Waals surface area contributed by atoms with Gasteiger partial charge in [-0.05, 0) is 20.8 Å². The van der Waals surface area contributed by atoms with Crippen molar-refractivity contribution >= 4 is 18.5 Å². The van der Waals surface area contributed by atoms with Gasteiger partial charge < -0.3 is 15.0 Å². The number of piperidine rings is 2. The molecule has 2 rings (SSSR count). The third kappa shape index (κ3) is 9.52. The Morgan fingerprint density at radius 1 is 0.958 bits per heavy atom. The summed E-state index contributed by atoms with van der Waals surface area (Å²) in [5.41, 5.74) is -0.572. The van der Waals surface area contributed by atoms with E-state index in [1.807, 2.05) is 0 Å². The van der Waals surface area contributed by atoms with E-state index in [9.17, 15) is 22.4 Å². The van der Waals surface area contributed by atoms with Crippen molar-refractivity contribution in [1.29, 1.82) is 0 Å². The van der Waals surface area contributed by atoms with Gasteiger partial charge in [-0.1, -0.05) is 0 Å². The molecule has 2 saturated heterocycles. The number of ether oxygens (including phenoxy) is 1. The summed E-state index contributed by atoms with van der Waals surface area (Å²) in [4.78, 5) is 12.8. The summed E-state index contributed by atoms with van der Waals surface area (Å²) >= 11 is 0. The van der Waals surface area contributed by atoms with Gasteiger partial charge in [-0.2, -0.15) is 0 Å². The minimum absolute atomic E-state index is 0. The first-order chi connectivity index (χ1) is 10.4. The number of hydrogen-bond donors (Lipinski definition) is 1. The first-order valence-electron chi connectivity index (χ1n) is 7.85. The lowest BCUT2D eigenvalue weighted by atomic mass is 10.1. The topological polar surface area (TPSA) is 41.6 Å². The van der Waals surface area contributed by atoms with Gasteiger partial charge in [0.05, 0.1) is 0 Å². The molecule has 2 fully saturated rings. The van der Waals surface area contributed by atoms with Crippen LogP contribution in [-0.4, -0.2) is 54.6 Å². The van der Waals surface area contributed by atoms with Crippen LogP contribution in [0.3, 0.4) is 0 Å². The average Bonchev–Trinajstić information content (AvgIpc) is 2.36. The van der Waals surface area contributed by atoms with Crippen LogP contribution in [0.2, 0.25) is 0 Å². The van der Waals surface area contributed by atoms with Crippen LogP contribution in [0.1, 0.15) is 46.5 Å². The van der Waals surface area contributed by atoms with Gasteiger partial charge in [0.1, 0.15) is 5.60 Å². The van der Waals surface area contributed by atoms with Gasteiger partial charge in [0, 0.05) is 51.9 Å². The normalized spacial score (nSPS) is 22.5. The van der Waals surface area contributed by atoms with Crippen LogP contribution in [0.4, 0.5) is 22.4 Å². The lowest BCUT2D eigenvalue weighted by Crippen LogP contribution is -2.44. The summed E-state index contributed by atoms with van der Waals surface area (Å²) in [6, 6.07) is 0. The molecule has 9 heteroatoms. The van der Waals surface area contributed by atoms with Gasteiger partial charge in [0.25, 0.3) is 11.8 Å². The zero-order valence-electron chi connectivity index (χ0n) is 14.3. The molecule has 0 radical (unpaired) electrons. The maximum Gasteiger partial charge on any atom is 0.410 e. The van der Waals surface area contributed by atoms with Gasteiger partial charge in [-0.25, -0.2) is 22.4 Å². The maximum atomic E-state index is 12.8. The van der Waals surface area contributed by atoms with Crippen molar-refractivity contribution in [2.75, 3.05) is 26.2 Å². The van der Waals surface area contributed by atoms with Crippen LogP contribution in [0, 0.1) is 0 Å². The SMILES string of the molecule is CC(C)(C)OC(=O)N1CCC(F)(F)CC1.Cl.FC1(F)CCNCC1. The molecule has 0 bridgehead atoms. The summed E-state index contributed by atoms with van der Waals surface area (Å²) in [6.07, 6.45) is -1.03. The number of hydrogen-bond acceptors (Lipinski definition) is 3. The van der Waals surface area contributed by atoms with Gasteiger partial charge >= 0.3 is 6.09 Å². The summed E-state index contributed by atoms with van der Waals surface area (Å²) in [6.45, 7) is 6.33. The van der Waals surface area contributed by atoms with Crippen LogP contribution in [0.15, 0.2) is 0 Å². The molecule has 0 spiro atoms. The lowest BCUT2D eigenvalue weighted by molar-refractivity contribution is -0.0587. The standard InChI is InChI=1S/C10H17F2NO2.C5H9F2N.ClH/c1-9(2,3)15-8(14)13-6-4-10(11,12)5-7-13;6-5(7)1-3-8-4-2-5;/h4-7H2,1-3H3;8H,1-4H2;1H. The third-order valence-electron chi connectivity index (χ3n) is 3.48. The number of nitrogens with one attached hydrogen (secondary N) is 1. The zero-order valence-corrected chi connectivity index (χ0v) is 15.2. The van der Waals surface area contributed by atoms with Gasteiger partial charge in [0.2, 0.25) is 0 Å². The van der Waals surface area contributed by atoms with Crippen molar-refractivity contribution < 1.29 is 27.1 Å². The van der Waals surface area contributed by atoms with E-state index >= 15 is 0 Å². The highest BCUT2D eigenvalue weighted by Crippen LogP contribution is 2.28. The molecule has 0 aliphatic carbocycles. The Kier molecular flexibility index (Phi) is 8.79. The van der Waals surface area contributed by atoms with Crippen molar-refractivity contribution in [3.05, 3.63) is 0 Å². The predicted octanol–water partition coefficient (Wildman–Crippen LogP) is 4.08. The van der Waals surface area contributed by atoms with Crippen molar-refractivity contribution in [3.8, 4) is 0 Å². The minimum atomic E-state index is -2.63. The van der Waals surface area contributed by atoms with Crippen molar-refractivity contribution in [2.45, 2.75) is 63.9 Å². The zero-order chi connectivity index (χ0) is 17.7. The van der Waals surface area contributed by atoms with Crippen molar-refractivity contribution in [2.24, 2.45) is 0 Å². The quantitative estimate of drug-likeness (QED) is 0.646. The fraction of sp³-hybridized carbons (Fsp3) is 0.933. The molecule has 2 aliphatic heterocycles. The van der Waals surface area contributed by atoms with Gasteiger partial charge in [0.15, 0.2) is 0 Å². The predicted molar refractivity (Wildman–Crippen MR) is 86.3 cm³/mol. The van der Waals surface area contributed by atoms with E-state index in [4.69, 9.17) is 4.74 Å². The molecule has 4 nitrogen and oxygen atoms in total. The first kappa shape index (κ1) is 23.2. The Balaban J connectivity index is 0.000000498. The Morgan fingerprint density at radius 3 is 1.71 bits per heavy atom. The van der Waals surface area contributed by atoms with E-state index < -0.39 is 23.5 Å². The summed E-state index contributed by atoms with van der Waals surface area (Å²) in [5, 5.41) is 2.86. The van der Waals surface area contributed by atoms with Crippen molar-refractivity contribution in [3.63, 3.8) is 0 Å². The Labute approximate surface area is 146 Å². The number of carbonyl (C=O) groups excluding carboxylic acids is 1. The molecule has 1 amide bonds. The van der Waals surface area contributed by atoms with E-state index in [0.29, 0.717) is 13.1 Å². The number of nitrogens with zero attached hydrogens (tertiary/aromatic N) is 1. The molecule has 0 unspecified atom stereocenters. The average molecular weight is 379 g/mol. The Hall–Kier alpha value is -0.760. The monoisotopic (exact) mass is 378 g/mol. The molecule has 0 atom stereocenters. The first-order valence-corrected chi connectivity index (χ1v) is 7.85. The molecule has 2 aliphatic rings. The second-order valence-corrected chi connectivity index (χ2v) is 6.93. The third-order valence-corrected chi connectivity index (χ3v) is 3.48. The Bertz CT molecular complexity index is 385. The van der Waals surface area contributed by atoms with Crippen LogP contribution in [0.25, 0.3) is 0 Å². The molecule has 0 aromatic carbocycles. The highest BCUT2D eigenvalue weighted by atomic mass is 35.5. The number of likely N-dealkylation sites (tertiary alicyclic amines) is 1. The fourth-order valence-corrected chi connectivity index (χ4v) is 2.14. The van der Waals surface area contributed by atoms with E-state index in [2.05, 4.69) is 5.32 Å². The van der Waals surface area contributed by atoms with Gasteiger partial charge in [-0.3, -0.25) is 0 Å². The summed E-state index contributed by atoms with van der Waals surface area (Å²) in [5.74, 6) is -5.01. The number of rotatable bonds is 0. The second-order valence-electron chi connectivity index (χ2n) is 6.93.